The van der Waals surface area contributed by atoms with Crippen molar-refractivity contribution in [3.63, 3.8) is 0 Å². The number of hydrogen-bond acceptors (Lipinski definition) is 3. The largest absolute Gasteiger partial charge is 0.508 e. The number of piperidine rings is 1. The fraction of sp³-hybridized carbons (Fsp3) is 0.562. The molecule has 1 heterocycles. The standard InChI is InChI=1S/C16H21ClN2O2/c17-14-2-1-3-15(20)13(14)10-18-12-6-8-19(9-7-12)16(21)11-4-5-11/h1-3,11-12,18,20H,4-10H2. The lowest BCUT2D eigenvalue weighted by atomic mass is 10.0. The quantitative estimate of drug-likeness (QED) is 0.899. The number of nitrogens with zero attached hydrogens (tertiary/aromatic N) is 1. The monoisotopic (exact) mass is 308 g/mol. The Morgan fingerprint density at radius 2 is 2.00 bits per heavy atom. The summed E-state index contributed by atoms with van der Waals surface area (Å²) in [6.07, 6.45) is 4.07. The summed E-state index contributed by atoms with van der Waals surface area (Å²) in [5, 5.41) is 13.9. The number of carbonyl (C=O) groups is 1. The summed E-state index contributed by atoms with van der Waals surface area (Å²) >= 11 is 6.10. The van der Waals surface area contributed by atoms with Crippen LogP contribution in [0.1, 0.15) is 31.2 Å². The number of rotatable bonds is 4. The number of phenols is 1. The van der Waals surface area contributed by atoms with E-state index in [0.717, 1.165) is 44.3 Å². The van der Waals surface area contributed by atoms with E-state index in [1.807, 2.05) is 4.90 Å². The second-order valence-electron chi connectivity index (χ2n) is 5.99. The Balaban J connectivity index is 1.48. The molecule has 1 amide bonds. The molecule has 1 saturated heterocycles. The molecule has 5 heteroatoms. The van der Waals surface area contributed by atoms with Crippen molar-refractivity contribution in [2.45, 2.75) is 38.3 Å². The van der Waals surface area contributed by atoms with Crippen LogP contribution in [0.15, 0.2) is 18.2 Å². The average Bonchev–Trinajstić information content (AvgIpc) is 3.31. The maximum absolute atomic E-state index is 12.0. The number of carbonyl (C=O) groups excluding carboxylic acids is 1. The van der Waals surface area contributed by atoms with Crippen LogP contribution in [0.5, 0.6) is 5.75 Å². The molecule has 0 radical (unpaired) electrons. The van der Waals surface area contributed by atoms with Crippen molar-refractivity contribution in [1.82, 2.24) is 10.2 Å². The zero-order valence-corrected chi connectivity index (χ0v) is 12.8. The number of aromatic hydroxyl groups is 1. The molecular weight excluding hydrogens is 288 g/mol. The van der Waals surface area contributed by atoms with Gasteiger partial charge in [-0.3, -0.25) is 4.79 Å². The van der Waals surface area contributed by atoms with Gasteiger partial charge in [0.2, 0.25) is 5.91 Å². The normalized spacial score (nSPS) is 19.8. The SMILES string of the molecule is O=C(C1CC1)N1CCC(NCc2c(O)cccc2Cl)CC1. The number of phenolic OH excluding ortho intramolecular Hbond substituents is 1. The molecule has 0 aromatic heterocycles. The number of nitrogens with one attached hydrogen (secondary N) is 1. The second kappa shape index (κ2) is 6.24. The molecule has 0 unspecified atom stereocenters. The van der Waals surface area contributed by atoms with Crippen LogP contribution >= 0.6 is 11.6 Å². The van der Waals surface area contributed by atoms with Crippen LogP contribution in [-0.2, 0) is 11.3 Å². The van der Waals surface area contributed by atoms with Crippen molar-refractivity contribution < 1.29 is 9.90 Å². The summed E-state index contributed by atoms with van der Waals surface area (Å²) in [5.41, 5.74) is 0.746. The van der Waals surface area contributed by atoms with Gasteiger partial charge in [-0.05, 0) is 37.8 Å². The Kier molecular flexibility index (Phi) is 4.36. The molecular formula is C16H21ClN2O2. The van der Waals surface area contributed by atoms with Gasteiger partial charge in [0.15, 0.2) is 0 Å². The molecule has 3 rings (SSSR count). The average molecular weight is 309 g/mol. The third-order valence-corrected chi connectivity index (χ3v) is 4.75. The number of likely N-dealkylation sites (tertiary alicyclic amines) is 1. The van der Waals surface area contributed by atoms with E-state index >= 15 is 0 Å². The van der Waals surface area contributed by atoms with Crippen LogP contribution in [0.25, 0.3) is 0 Å². The Morgan fingerprint density at radius 1 is 1.29 bits per heavy atom. The van der Waals surface area contributed by atoms with Crippen molar-refractivity contribution >= 4 is 17.5 Å². The topological polar surface area (TPSA) is 52.6 Å². The highest BCUT2D eigenvalue weighted by atomic mass is 35.5. The lowest BCUT2D eigenvalue weighted by Gasteiger charge is -2.32. The third-order valence-electron chi connectivity index (χ3n) is 4.39. The van der Waals surface area contributed by atoms with Crippen LogP contribution in [0.2, 0.25) is 5.02 Å². The van der Waals surface area contributed by atoms with Gasteiger partial charge in [0.1, 0.15) is 5.75 Å². The fourth-order valence-corrected chi connectivity index (χ4v) is 3.10. The van der Waals surface area contributed by atoms with Gasteiger partial charge in [-0.15, -0.1) is 0 Å². The summed E-state index contributed by atoms with van der Waals surface area (Å²) in [4.78, 5) is 14.0. The lowest BCUT2D eigenvalue weighted by Crippen LogP contribution is -2.45. The minimum atomic E-state index is 0.233. The van der Waals surface area contributed by atoms with Gasteiger partial charge in [0.05, 0.1) is 0 Å². The molecule has 1 aliphatic carbocycles. The molecule has 4 nitrogen and oxygen atoms in total. The van der Waals surface area contributed by atoms with Gasteiger partial charge in [0, 0.05) is 42.2 Å². The van der Waals surface area contributed by atoms with E-state index in [9.17, 15) is 9.90 Å². The maximum Gasteiger partial charge on any atom is 0.225 e. The first-order chi connectivity index (χ1) is 10.1. The first kappa shape index (κ1) is 14.7. The van der Waals surface area contributed by atoms with Crippen LogP contribution in [0.3, 0.4) is 0 Å². The summed E-state index contributed by atoms with van der Waals surface area (Å²) in [6.45, 7) is 2.23. The second-order valence-corrected chi connectivity index (χ2v) is 6.40. The molecule has 2 fully saturated rings. The van der Waals surface area contributed by atoms with Gasteiger partial charge >= 0.3 is 0 Å². The van der Waals surface area contributed by atoms with Gasteiger partial charge in [-0.1, -0.05) is 17.7 Å². The van der Waals surface area contributed by atoms with Crippen molar-refractivity contribution in [3.05, 3.63) is 28.8 Å². The van der Waals surface area contributed by atoms with Crippen molar-refractivity contribution in [1.29, 1.82) is 0 Å². The van der Waals surface area contributed by atoms with Crippen molar-refractivity contribution in [2.24, 2.45) is 5.92 Å². The van der Waals surface area contributed by atoms with Crippen molar-refractivity contribution in [3.8, 4) is 5.75 Å². The van der Waals surface area contributed by atoms with Gasteiger partial charge in [-0.2, -0.15) is 0 Å². The first-order valence-corrected chi connectivity index (χ1v) is 8.01. The maximum atomic E-state index is 12.0. The van der Waals surface area contributed by atoms with Gasteiger partial charge in [0.25, 0.3) is 0 Å². The van der Waals surface area contributed by atoms with Crippen molar-refractivity contribution in [2.75, 3.05) is 13.1 Å². The van der Waals surface area contributed by atoms with Crippen LogP contribution < -0.4 is 5.32 Å². The third kappa shape index (κ3) is 3.50. The van der Waals surface area contributed by atoms with E-state index in [4.69, 9.17) is 11.6 Å². The highest BCUT2D eigenvalue weighted by molar-refractivity contribution is 6.31. The van der Waals surface area contributed by atoms with E-state index in [0.29, 0.717) is 29.4 Å². The Labute approximate surface area is 130 Å². The van der Waals surface area contributed by atoms with E-state index in [1.54, 1.807) is 18.2 Å². The summed E-state index contributed by atoms with van der Waals surface area (Å²) in [6, 6.07) is 5.56. The Bertz CT molecular complexity index is 503. The molecule has 1 aliphatic heterocycles. The molecule has 2 N–H and O–H groups in total. The van der Waals surface area contributed by atoms with E-state index in [-0.39, 0.29) is 5.75 Å². The zero-order valence-electron chi connectivity index (χ0n) is 12.0. The van der Waals surface area contributed by atoms with Crippen LogP contribution in [0.4, 0.5) is 0 Å². The lowest BCUT2D eigenvalue weighted by molar-refractivity contribution is -0.133. The summed E-state index contributed by atoms with van der Waals surface area (Å²) in [7, 11) is 0. The predicted octanol–water partition coefficient (Wildman–Crippen LogP) is 2.54. The molecule has 2 aliphatic rings. The molecule has 114 valence electrons. The highest BCUT2D eigenvalue weighted by Crippen LogP contribution is 2.32. The Morgan fingerprint density at radius 3 is 2.62 bits per heavy atom. The van der Waals surface area contributed by atoms with E-state index in [2.05, 4.69) is 5.32 Å². The Hall–Kier alpha value is -1.26. The first-order valence-electron chi connectivity index (χ1n) is 7.63. The summed E-state index contributed by atoms with van der Waals surface area (Å²) in [5.74, 6) is 0.892. The fourth-order valence-electron chi connectivity index (χ4n) is 2.86. The number of hydrogen-bond donors (Lipinski definition) is 2. The number of halogens is 1. The number of benzene rings is 1. The minimum absolute atomic E-state index is 0.233. The minimum Gasteiger partial charge on any atom is -0.508 e. The molecule has 0 spiro atoms. The van der Waals surface area contributed by atoms with Crippen LogP contribution in [-0.4, -0.2) is 35.0 Å². The molecule has 21 heavy (non-hydrogen) atoms. The molecule has 1 aromatic rings. The van der Waals surface area contributed by atoms with E-state index in [1.165, 1.54) is 0 Å². The molecule has 0 bridgehead atoms. The number of amides is 1. The molecule has 1 saturated carbocycles. The van der Waals surface area contributed by atoms with E-state index < -0.39 is 0 Å². The molecule has 1 aromatic carbocycles. The van der Waals surface area contributed by atoms with Crippen LogP contribution in [0, 0.1) is 5.92 Å². The zero-order chi connectivity index (χ0) is 14.8. The predicted molar refractivity (Wildman–Crippen MR) is 82.3 cm³/mol. The molecule has 0 atom stereocenters. The summed E-state index contributed by atoms with van der Waals surface area (Å²) < 4.78 is 0. The van der Waals surface area contributed by atoms with Gasteiger partial charge < -0.3 is 15.3 Å². The highest BCUT2D eigenvalue weighted by Gasteiger charge is 2.34. The van der Waals surface area contributed by atoms with Gasteiger partial charge in [-0.25, -0.2) is 0 Å². The smallest absolute Gasteiger partial charge is 0.225 e.